The fourth-order valence-corrected chi connectivity index (χ4v) is 1.98. The Kier molecular flexibility index (Phi) is 4.50. The number of carbonyl (C=O) groups is 1. The van der Waals surface area contributed by atoms with Crippen LogP contribution in [0.3, 0.4) is 0 Å². The van der Waals surface area contributed by atoms with Crippen LogP contribution in [0.2, 0.25) is 0 Å². The van der Waals surface area contributed by atoms with Gasteiger partial charge in [-0.05, 0) is 6.42 Å². The first-order chi connectivity index (χ1) is 7.41. The zero-order chi connectivity index (χ0) is 12.3. The van der Waals surface area contributed by atoms with E-state index < -0.39 is 29.8 Å². The molecule has 2 unspecified atom stereocenters. The number of carbonyl (C=O) groups excluding carboxylic acids is 1. The Hall–Kier alpha value is -0.420. The number of amides is 1. The topological polar surface area (TPSA) is 29.5 Å². The van der Waals surface area contributed by atoms with Crippen LogP contribution in [0.25, 0.3) is 0 Å². The molecular weight excluding hydrogens is 240 g/mol. The van der Waals surface area contributed by atoms with E-state index in [-0.39, 0.29) is 13.0 Å². The minimum Gasteiger partial charge on any atom is -0.383 e. The highest BCUT2D eigenvalue weighted by molar-refractivity contribution is 6.30. The van der Waals surface area contributed by atoms with Gasteiger partial charge in [-0.25, -0.2) is 8.78 Å². The average molecular weight is 256 g/mol. The van der Waals surface area contributed by atoms with Crippen LogP contribution in [0.4, 0.5) is 8.78 Å². The molecule has 1 amide bonds. The molecule has 0 saturated carbocycles. The van der Waals surface area contributed by atoms with E-state index in [9.17, 15) is 13.6 Å². The largest absolute Gasteiger partial charge is 0.383 e. The number of methoxy groups -OCH3 is 1. The quantitative estimate of drug-likeness (QED) is 0.718. The lowest BCUT2D eigenvalue weighted by molar-refractivity contribution is -0.133. The Morgan fingerprint density at radius 2 is 2.31 bits per heavy atom. The minimum absolute atomic E-state index is 0.120. The molecule has 0 aromatic rings. The van der Waals surface area contributed by atoms with Gasteiger partial charge >= 0.3 is 0 Å². The average Bonchev–Trinajstić information content (AvgIpc) is 2.52. The molecule has 1 heterocycles. The predicted molar refractivity (Wildman–Crippen MR) is 56.9 cm³/mol. The Labute approximate surface area is 98.7 Å². The summed E-state index contributed by atoms with van der Waals surface area (Å²) in [6.07, 6.45) is 0.0854. The summed E-state index contributed by atoms with van der Waals surface area (Å²) < 4.78 is 31.2. The van der Waals surface area contributed by atoms with Crippen molar-refractivity contribution >= 4 is 17.5 Å². The number of rotatable bonds is 4. The van der Waals surface area contributed by atoms with Crippen molar-refractivity contribution in [3.05, 3.63) is 0 Å². The van der Waals surface area contributed by atoms with E-state index in [1.54, 1.807) is 6.92 Å². The summed E-state index contributed by atoms with van der Waals surface area (Å²) in [6, 6.07) is -0.569. The lowest BCUT2D eigenvalue weighted by Crippen LogP contribution is -2.42. The summed E-state index contributed by atoms with van der Waals surface area (Å²) in [7, 11) is 1.43. The Bertz CT molecular complexity index is 263. The molecule has 2 atom stereocenters. The smallest absolute Gasteiger partial charge is 0.267 e. The Balaban J connectivity index is 2.73. The van der Waals surface area contributed by atoms with Gasteiger partial charge in [-0.1, -0.05) is 6.92 Å². The van der Waals surface area contributed by atoms with Crippen LogP contribution >= 0.6 is 11.6 Å². The number of hydrogen-bond donors (Lipinski definition) is 0. The molecule has 6 heteroatoms. The molecule has 1 aliphatic rings. The van der Waals surface area contributed by atoms with Crippen molar-refractivity contribution in [3.63, 3.8) is 0 Å². The predicted octanol–water partition coefficient (Wildman–Crippen LogP) is 1.89. The molecule has 16 heavy (non-hydrogen) atoms. The summed E-state index contributed by atoms with van der Waals surface area (Å²) in [5.74, 6) is -3.26. The van der Waals surface area contributed by atoms with Crippen LogP contribution in [0, 0.1) is 0 Å². The van der Waals surface area contributed by atoms with Crippen molar-refractivity contribution in [1.82, 2.24) is 4.90 Å². The second kappa shape index (κ2) is 5.27. The van der Waals surface area contributed by atoms with Gasteiger partial charge in [0.1, 0.15) is 5.38 Å². The molecule has 0 radical (unpaired) electrons. The van der Waals surface area contributed by atoms with Gasteiger partial charge in [-0.2, -0.15) is 0 Å². The molecule has 3 nitrogen and oxygen atoms in total. The first kappa shape index (κ1) is 13.6. The van der Waals surface area contributed by atoms with Crippen LogP contribution in [-0.2, 0) is 9.53 Å². The SMILES string of the molecule is CCC(Cl)C(=O)N1CC(F)(F)CC1COC. The molecule has 0 aromatic heterocycles. The van der Waals surface area contributed by atoms with Gasteiger partial charge in [0.25, 0.3) is 5.92 Å². The van der Waals surface area contributed by atoms with Crippen LogP contribution < -0.4 is 0 Å². The van der Waals surface area contributed by atoms with Gasteiger partial charge in [-0.15, -0.1) is 11.6 Å². The highest BCUT2D eigenvalue weighted by atomic mass is 35.5. The molecule has 0 aliphatic carbocycles. The highest BCUT2D eigenvalue weighted by Gasteiger charge is 2.47. The monoisotopic (exact) mass is 255 g/mol. The van der Waals surface area contributed by atoms with E-state index in [1.165, 1.54) is 7.11 Å². The maximum Gasteiger partial charge on any atom is 0.267 e. The lowest BCUT2D eigenvalue weighted by atomic mass is 10.2. The van der Waals surface area contributed by atoms with Crippen molar-refractivity contribution in [2.45, 2.75) is 37.1 Å². The minimum atomic E-state index is -2.83. The van der Waals surface area contributed by atoms with Crippen LogP contribution in [0.15, 0.2) is 0 Å². The molecule has 0 N–H and O–H groups in total. The third-order valence-corrected chi connectivity index (χ3v) is 3.14. The van der Waals surface area contributed by atoms with Crippen LogP contribution in [0.5, 0.6) is 0 Å². The molecular formula is C10H16ClF2NO2. The zero-order valence-electron chi connectivity index (χ0n) is 9.38. The van der Waals surface area contributed by atoms with E-state index in [1.807, 2.05) is 0 Å². The Morgan fingerprint density at radius 1 is 1.69 bits per heavy atom. The van der Waals surface area contributed by atoms with E-state index in [2.05, 4.69) is 0 Å². The molecule has 1 rings (SSSR count). The summed E-state index contributed by atoms with van der Waals surface area (Å²) >= 11 is 5.78. The molecule has 1 fully saturated rings. The second-order valence-electron chi connectivity index (χ2n) is 4.01. The van der Waals surface area contributed by atoms with Gasteiger partial charge in [-0.3, -0.25) is 4.79 Å². The fraction of sp³-hybridized carbons (Fsp3) is 0.900. The number of halogens is 3. The molecule has 0 bridgehead atoms. The third kappa shape index (κ3) is 3.04. The van der Waals surface area contributed by atoms with Gasteiger partial charge in [0.2, 0.25) is 5.91 Å². The summed E-state index contributed by atoms with van der Waals surface area (Å²) in [5.41, 5.74) is 0. The van der Waals surface area contributed by atoms with Crippen LogP contribution in [0.1, 0.15) is 19.8 Å². The van der Waals surface area contributed by atoms with E-state index >= 15 is 0 Å². The molecule has 94 valence electrons. The summed E-state index contributed by atoms with van der Waals surface area (Å²) in [4.78, 5) is 12.9. The number of likely N-dealkylation sites (tertiary alicyclic amines) is 1. The number of hydrogen-bond acceptors (Lipinski definition) is 2. The normalized spacial score (nSPS) is 25.8. The standard InChI is InChI=1S/C10H16ClF2NO2/c1-3-8(11)9(15)14-6-10(12,13)4-7(14)5-16-2/h7-8H,3-6H2,1-2H3. The maximum atomic E-state index is 13.2. The lowest BCUT2D eigenvalue weighted by Gasteiger charge is -2.25. The molecule has 1 saturated heterocycles. The number of nitrogens with zero attached hydrogens (tertiary/aromatic N) is 1. The number of ether oxygens (including phenoxy) is 1. The van der Waals surface area contributed by atoms with Gasteiger partial charge < -0.3 is 9.64 Å². The van der Waals surface area contributed by atoms with Gasteiger partial charge in [0, 0.05) is 13.5 Å². The fourth-order valence-electron chi connectivity index (χ4n) is 1.85. The van der Waals surface area contributed by atoms with Gasteiger partial charge in [0.15, 0.2) is 0 Å². The van der Waals surface area contributed by atoms with Crippen molar-refractivity contribution in [2.24, 2.45) is 0 Å². The van der Waals surface area contributed by atoms with Crippen molar-refractivity contribution in [2.75, 3.05) is 20.3 Å². The van der Waals surface area contributed by atoms with E-state index in [0.29, 0.717) is 6.42 Å². The highest BCUT2D eigenvalue weighted by Crippen LogP contribution is 2.33. The van der Waals surface area contributed by atoms with Crippen LogP contribution in [-0.4, -0.2) is 48.4 Å². The summed E-state index contributed by atoms with van der Waals surface area (Å²) in [6.45, 7) is 1.31. The molecule has 0 spiro atoms. The molecule has 0 aromatic carbocycles. The van der Waals surface area contributed by atoms with Crippen molar-refractivity contribution in [3.8, 4) is 0 Å². The second-order valence-corrected chi connectivity index (χ2v) is 4.54. The van der Waals surface area contributed by atoms with Crippen molar-refractivity contribution in [1.29, 1.82) is 0 Å². The number of alkyl halides is 3. The van der Waals surface area contributed by atoms with E-state index in [0.717, 1.165) is 4.90 Å². The van der Waals surface area contributed by atoms with E-state index in [4.69, 9.17) is 16.3 Å². The first-order valence-electron chi connectivity index (χ1n) is 5.22. The summed E-state index contributed by atoms with van der Waals surface area (Å²) in [5, 5.41) is -0.728. The molecule has 1 aliphatic heterocycles. The first-order valence-corrected chi connectivity index (χ1v) is 5.66. The Morgan fingerprint density at radius 3 is 2.81 bits per heavy atom. The zero-order valence-corrected chi connectivity index (χ0v) is 10.1. The van der Waals surface area contributed by atoms with Crippen molar-refractivity contribution < 1.29 is 18.3 Å². The van der Waals surface area contributed by atoms with Gasteiger partial charge in [0.05, 0.1) is 19.2 Å². The maximum absolute atomic E-state index is 13.2. The third-order valence-electron chi connectivity index (χ3n) is 2.65.